The molecule has 0 heterocycles. The van der Waals surface area contributed by atoms with Crippen LogP contribution in [0.4, 0.5) is 0 Å². The Balaban J connectivity index is 0.000000198. The first-order valence-corrected chi connectivity index (χ1v) is 12.3. The van der Waals surface area contributed by atoms with Crippen LogP contribution in [0.3, 0.4) is 0 Å². The van der Waals surface area contributed by atoms with Crippen LogP contribution in [-0.4, -0.2) is 0 Å². The maximum Gasteiger partial charge on any atom is 2.00 e. The molecule has 6 rings (SSSR count). The second-order valence-corrected chi connectivity index (χ2v) is 10.2. The first-order chi connectivity index (χ1) is 15.8. The van der Waals surface area contributed by atoms with Crippen molar-refractivity contribution in [1.29, 1.82) is 0 Å². The number of benzene rings is 4. The Morgan fingerprint density at radius 3 is 1.48 bits per heavy atom. The van der Waals surface area contributed by atoms with Crippen LogP contribution in [-0.2, 0) is 26.2 Å². The van der Waals surface area contributed by atoms with Gasteiger partial charge in [-0.1, -0.05) is 79.7 Å². The van der Waals surface area contributed by atoms with Gasteiger partial charge < -0.3 is 0 Å². The van der Waals surface area contributed by atoms with Crippen LogP contribution in [0.25, 0.3) is 21.5 Å². The second kappa shape index (κ2) is 11.0. The molecular weight excluding hydrogens is 495 g/mol. The SMILES string of the molecule is Cc1cc2ccccc2[cH-]1.[Zr+2].c1ccc(P(c2ccccc2)c2cc3ccccc3[cH-]2)cc1. The number of aryl methyl sites for hydroxylation is 1. The van der Waals surface area contributed by atoms with Crippen molar-refractivity contribution in [1.82, 2.24) is 0 Å². The summed E-state index contributed by atoms with van der Waals surface area (Å²) in [5.74, 6) is 0. The summed E-state index contributed by atoms with van der Waals surface area (Å²) >= 11 is 0. The van der Waals surface area contributed by atoms with Gasteiger partial charge in [-0.3, -0.25) is 0 Å². The fourth-order valence-corrected chi connectivity index (χ4v) is 6.54. The summed E-state index contributed by atoms with van der Waals surface area (Å²) in [7, 11) is -0.493. The number of hydrogen-bond donors (Lipinski definition) is 0. The quantitative estimate of drug-likeness (QED) is 0.172. The van der Waals surface area contributed by atoms with Crippen molar-refractivity contribution in [3.63, 3.8) is 0 Å². The Hall–Kier alpha value is -2.59. The van der Waals surface area contributed by atoms with Crippen molar-refractivity contribution in [2.75, 3.05) is 0 Å². The van der Waals surface area contributed by atoms with E-state index >= 15 is 0 Å². The van der Waals surface area contributed by atoms with Crippen molar-refractivity contribution in [3.05, 3.63) is 139 Å². The van der Waals surface area contributed by atoms with Gasteiger partial charge in [0, 0.05) is 0 Å². The summed E-state index contributed by atoms with van der Waals surface area (Å²) in [4.78, 5) is 0. The van der Waals surface area contributed by atoms with Crippen LogP contribution in [0.1, 0.15) is 5.56 Å². The molecule has 0 fully saturated rings. The summed E-state index contributed by atoms with van der Waals surface area (Å²) < 4.78 is 0. The van der Waals surface area contributed by atoms with Gasteiger partial charge in [-0.05, 0) is 18.5 Å². The maximum absolute atomic E-state index is 2.35. The van der Waals surface area contributed by atoms with E-state index in [0.29, 0.717) is 0 Å². The molecule has 0 radical (unpaired) electrons. The molecular formula is C31H25PZr. The minimum Gasteiger partial charge on any atom is -0.165 e. The molecule has 0 aliphatic rings. The molecule has 0 saturated carbocycles. The molecule has 33 heavy (non-hydrogen) atoms. The van der Waals surface area contributed by atoms with E-state index in [1.54, 1.807) is 0 Å². The molecule has 0 atom stereocenters. The van der Waals surface area contributed by atoms with E-state index in [4.69, 9.17) is 0 Å². The van der Waals surface area contributed by atoms with Gasteiger partial charge in [0.1, 0.15) is 0 Å². The predicted molar refractivity (Wildman–Crippen MR) is 143 cm³/mol. The summed E-state index contributed by atoms with van der Waals surface area (Å²) in [5.41, 5.74) is 1.35. The van der Waals surface area contributed by atoms with Crippen molar-refractivity contribution in [2.45, 2.75) is 6.92 Å². The zero-order chi connectivity index (χ0) is 21.8. The Morgan fingerprint density at radius 2 is 0.970 bits per heavy atom. The first kappa shape index (κ1) is 23.6. The molecule has 158 valence electrons. The van der Waals surface area contributed by atoms with E-state index in [9.17, 15) is 0 Å². The van der Waals surface area contributed by atoms with Gasteiger partial charge in [-0.25, -0.2) is 0 Å². The van der Waals surface area contributed by atoms with Crippen LogP contribution in [0.5, 0.6) is 0 Å². The zero-order valence-electron chi connectivity index (χ0n) is 18.6. The molecule has 0 spiro atoms. The summed E-state index contributed by atoms with van der Waals surface area (Å²) in [5, 5.41) is 9.58. The van der Waals surface area contributed by atoms with Crippen LogP contribution < -0.4 is 15.9 Å². The standard InChI is InChI=1S/C21H16P.C10H9.Zr/c1-3-11-19(12-4-1)22(20-13-5-2-6-14-20)21-15-17-9-7-8-10-18(17)16-21;1-8-6-9-4-2-3-5-10(9)7-8;/h1-16H;2-7H,1H3;/q2*-1;+2. The van der Waals surface area contributed by atoms with Crippen LogP contribution in [0.15, 0.2) is 133 Å². The molecule has 2 heteroatoms. The van der Waals surface area contributed by atoms with E-state index in [0.717, 1.165) is 0 Å². The van der Waals surface area contributed by atoms with Crippen molar-refractivity contribution in [3.8, 4) is 0 Å². The van der Waals surface area contributed by atoms with Gasteiger partial charge >= 0.3 is 26.2 Å². The largest absolute Gasteiger partial charge is 2.00 e. The fraction of sp³-hybridized carbons (Fsp3) is 0.0323. The number of hydrogen-bond acceptors (Lipinski definition) is 0. The van der Waals surface area contributed by atoms with Crippen LogP contribution in [0, 0.1) is 6.92 Å². The Bertz CT molecular complexity index is 1320. The minimum absolute atomic E-state index is 0. The van der Waals surface area contributed by atoms with Crippen molar-refractivity contribution in [2.24, 2.45) is 0 Å². The topological polar surface area (TPSA) is 0 Å². The third-order valence-corrected chi connectivity index (χ3v) is 8.06. The average Bonchev–Trinajstić information content (AvgIpc) is 3.43. The molecule has 0 unspecified atom stereocenters. The van der Waals surface area contributed by atoms with Gasteiger partial charge in [-0.2, -0.15) is 12.1 Å². The third kappa shape index (κ3) is 5.50. The molecule has 0 amide bonds. The number of rotatable bonds is 3. The number of fused-ring (bicyclic) bond motifs is 2. The van der Waals surface area contributed by atoms with E-state index in [2.05, 4.69) is 140 Å². The van der Waals surface area contributed by atoms with E-state index in [1.807, 2.05) is 0 Å². The first-order valence-electron chi connectivity index (χ1n) is 11.0. The fourth-order valence-electron chi connectivity index (χ4n) is 4.17. The summed E-state index contributed by atoms with van der Waals surface area (Å²) in [6, 6.07) is 47.8. The molecule has 0 N–H and O–H groups in total. The molecule has 0 aromatic heterocycles. The molecule has 6 aromatic rings. The smallest absolute Gasteiger partial charge is 0.165 e. The van der Waals surface area contributed by atoms with Crippen LogP contribution >= 0.6 is 7.92 Å². The van der Waals surface area contributed by atoms with Gasteiger partial charge in [0.25, 0.3) is 0 Å². The van der Waals surface area contributed by atoms with Gasteiger partial charge in [-0.15, -0.1) is 80.9 Å². The predicted octanol–water partition coefficient (Wildman–Crippen LogP) is 7.18. The molecule has 0 saturated heterocycles. The van der Waals surface area contributed by atoms with Crippen molar-refractivity contribution < 1.29 is 26.2 Å². The zero-order valence-corrected chi connectivity index (χ0v) is 22.0. The van der Waals surface area contributed by atoms with E-state index < -0.39 is 7.92 Å². The molecule has 0 nitrogen and oxygen atoms in total. The van der Waals surface area contributed by atoms with E-state index in [-0.39, 0.29) is 26.2 Å². The maximum atomic E-state index is 2.35. The Morgan fingerprint density at radius 1 is 0.515 bits per heavy atom. The third-order valence-electron chi connectivity index (χ3n) is 5.65. The summed E-state index contributed by atoms with van der Waals surface area (Å²) in [6.45, 7) is 2.12. The normalized spacial score (nSPS) is 10.6. The van der Waals surface area contributed by atoms with Crippen molar-refractivity contribution >= 4 is 45.4 Å². The Kier molecular flexibility index (Phi) is 7.87. The van der Waals surface area contributed by atoms with Gasteiger partial charge in [0.15, 0.2) is 0 Å². The van der Waals surface area contributed by atoms with Gasteiger partial charge in [0.05, 0.1) is 0 Å². The molecule has 0 aliphatic carbocycles. The Labute approximate surface area is 216 Å². The monoisotopic (exact) mass is 518 g/mol. The van der Waals surface area contributed by atoms with E-state index in [1.165, 1.54) is 43.0 Å². The van der Waals surface area contributed by atoms with Crippen LogP contribution in [0.2, 0.25) is 0 Å². The molecule has 0 aliphatic heterocycles. The second-order valence-electron chi connectivity index (χ2n) is 8.01. The molecule has 0 bridgehead atoms. The summed E-state index contributed by atoms with van der Waals surface area (Å²) in [6.07, 6.45) is 0. The minimum atomic E-state index is -0.493. The average molecular weight is 520 g/mol. The van der Waals surface area contributed by atoms with Gasteiger partial charge in [0.2, 0.25) is 0 Å². The molecule has 6 aromatic carbocycles.